The molecule has 0 aliphatic heterocycles. The van der Waals surface area contributed by atoms with E-state index in [9.17, 15) is 0 Å². The Labute approximate surface area is 181 Å². The van der Waals surface area contributed by atoms with Crippen molar-refractivity contribution < 1.29 is 4.74 Å². The van der Waals surface area contributed by atoms with Gasteiger partial charge in [-0.1, -0.05) is 57.5 Å². The predicted octanol–water partition coefficient (Wildman–Crippen LogP) is 7.13. The van der Waals surface area contributed by atoms with Crippen LogP contribution < -0.4 is 4.74 Å². The highest BCUT2D eigenvalue weighted by molar-refractivity contribution is 9.10. The molecule has 0 fully saturated rings. The molecule has 4 aromatic rings. The molecular formula is C22H18BrClN2OS. The summed E-state index contributed by atoms with van der Waals surface area (Å²) in [7, 11) is 0. The van der Waals surface area contributed by atoms with E-state index in [1.807, 2.05) is 49.4 Å². The molecule has 0 bridgehead atoms. The summed E-state index contributed by atoms with van der Waals surface area (Å²) < 4.78 is 8.77. The second kappa shape index (κ2) is 8.60. The topological polar surface area (TPSA) is 27.1 Å². The minimum absolute atomic E-state index is 0.646. The Morgan fingerprint density at radius 3 is 2.50 bits per heavy atom. The average Bonchev–Trinajstić information content (AvgIpc) is 3.08. The molecule has 0 N–H and O–H groups in total. The van der Waals surface area contributed by atoms with Gasteiger partial charge in [-0.05, 0) is 61.0 Å². The number of ether oxygens (including phenoxy) is 1. The largest absolute Gasteiger partial charge is 0.494 e. The molecule has 3 nitrogen and oxygen atoms in total. The number of thioether (sulfide) groups is 1. The first kappa shape index (κ1) is 19.4. The van der Waals surface area contributed by atoms with Crippen molar-refractivity contribution in [3.05, 3.63) is 81.8 Å². The molecule has 0 atom stereocenters. The molecule has 0 aliphatic carbocycles. The van der Waals surface area contributed by atoms with E-state index in [2.05, 4.69) is 44.8 Å². The molecule has 28 heavy (non-hydrogen) atoms. The normalized spacial score (nSPS) is 11.1. The van der Waals surface area contributed by atoms with Gasteiger partial charge in [-0.15, -0.1) is 0 Å². The number of fused-ring (bicyclic) bond motifs is 1. The van der Waals surface area contributed by atoms with Gasteiger partial charge in [-0.3, -0.25) is 4.57 Å². The second-order valence-electron chi connectivity index (χ2n) is 6.18. The third-order valence-corrected chi connectivity index (χ3v) is 6.13. The lowest BCUT2D eigenvalue weighted by atomic mass is 10.2. The first-order valence-electron chi connectivity index (χ1n) is 8.93. The lowest BCUT2D eigenvalue weighted by Gasteiger charge is -2.11. The van der Waals surface area contributed by atoms with Crippen molar-refractivity contribution in [1.29, 1.82) is 0 Å². The summed E-state index contributed by atoms with van der Waals surface area (Å²) in [6.07, 6.45) is 0. The lowest BCUT2D eigenvalue weighted by molar-refractivity contribution is 0.340. The van der Waals surface area contributed by atoms with E-state index >= 15 is 0 Å². The van der Waals surface area contributed by atoms with E-state index < -0.39 is 0 Å². The quantitative estimate of drug-likeness (QED) is 0.279. The molecular weight excluding hydrogens is 456 g/mol. The van der Waals surface area contributed by atoms with Crippen molar-refractivity contribution in [2.24, 2.45) is 0 Å². The highest BCUT2D eigenvalue weighted by atomic mass is 79.9. The molecule has 0 spiro atoms. The van der Waals surface area contributed by atoms with E-state index in [-0.39, 0.29) is 0 Å². The fraction of sp³-hybridized carbons (Fsp3) is 0.136. The van der Waals surface area contributed by atoms with Gasteiger partial charge in [0.25, 0.3) is 0 Å². The molecule has 1 heterocycles. The maximum atomic E-state index is 6.54. The lowest BCUT2D eigenvalue weighted by Crippen LogP contribution is -1.98. The van der Waals surface area contributed by atoms with Crippen LogP contribution in [-0.2, 0) is 5.75 Å². The van der Waals surface area contributed by atoms with Crippen molar-refractivity contribution in [1.82, 2.24) is 9.55 Å². The first-order chi connectivity index (χ1) is 13.7. The Balaban J connectivity index is 1.74. The summed E-state index contributed by atoms with van der Waals surface area (Å²) in [5.74, 6) is 1.68. The molecule has 0 saturated carbocycles. The van der Waals surface area contributed by atoms with Gasteiger partial charge in [-0.25, -0.2) is 4.98 Å². The first-order valence-corrected chi connectivity index (χ1v) is 11.1. The van der Waals surface area contributed by atoms with Crippen molar-refractivity contribution in [2.75, 3.05) is 6.61 Å². The molecule has 0 saturated heterocycles. The maximum Gasteiger partial charge on any atom is 0.174 e. The number of rotatable bonds is 6. The van der Waals surface area contributed by atoms with E-state index in [4.69, 9.17) is 21.3 Å². The summed E-state index contributed by atoms with van der Waals surface area (Å²) in [5.41, 5.74) is 4.06. The molecule has 0 unspecified atom stereocenters. The maximum absolute atomic E-state index is 6.54. The Kier molecular flexibility index (Phi) is 5.95. The van der Waals surface area contributed by atoms with Gasteiger partial charge in [0.1, 0.15) is 5.75 Å². The van der Waals surface area contributed by atoms with Gasteiger partial charge < -0.3 is 4.74 Å². The van der Waals surface area contributed by atoms with Crippen LogP contribution in [0.5, 0.6) is 5.75 Å². The summed E-state index contributed by atoms with van der Waals surface area (Å²) >= 11 is 11.7. The van der Waals surface area contributed by atoms with Crippen LogP contribution >= 0.6 is 39.3 Å². The van der Waals surface area contributed by atoms with Crippen LogP contribution in [0, 0.1) is 0 Å². The number of para-hydroxylation sites is 1. The van der Waals surface area contributed by atoms with Crippen LogP contribution in [0.15, 0.2) is 76.4 Å². The van der Waals surface area contributed by atoms with Gasteiger partial charge in [-0.2, -0.15) is 0 Å². The number of imidazole rings is 1. The van der Waals surface area contributed by atoms with E-state index in [1.165, 1.54) is 5.56 Å². The highest BCUT2D eigenvalue weighted by Gasteiger charge is 2.16. The van der Waals surface area contributed by atoms with Gasteiger partial charge in [0.2, 0.25) is 0 Å². The smallest absolute Gasteiger partial charge is 0.174 e. The third kappa shape index (κ3) is 4.07. The number of nitrogens with zero attached hydrogens (tertiary/aromatic N) is 2. The van der Waals surface area contributed by atoms with Crippen molar-refractivity contribution in [3.8, 4) is 11.4 Å². The predicted molar refractivity (Wildman–Crippen MR) is 121 cm³/mol. The van der Waals surface area contributed by atoms with Gasteiger partial charge in [0.15, 0.2) is 5.16 Å². The van der Waals surface area contributed by atoms with Crippen LogP contribution in [0.3, 0.4) is 0 Å². The SMILES string of the molecule is CCOc1ccc(-n2c(SCc3ccc(Br)cc3)nc3cccc(Cl)c32)cc1. The fourth-order valence-corrected chi connectivity index (χ4v) is 4.48. The number of halogens is 2. The summed E-state index contributed by atoms with van der Waals surface area (Å²) in [6.45, 7) is 2.63. The van der Waals surface area contributed by atoms with Crippen LogP contribution in [0.4, 0.5) is 0 Å². The average molecular weight is 474 g/mol. The van der Waals surface area contributed by atoms with Crippen LogP contribution in [0.25, 0.3) is 16.7 Å². The van der Waals surface area contributed by atoms with Crippen molar-refractivity contribution >= 4 is 50.3 Å². The summed E-state index contributed by atoms with van der Waals surface area (Å²) in [5, 5.41) is 1.60. The van der Waals surface area contributed by atoms with Gasteiger partial charge >= 0.3 is 0 Å². The third-order valence-electron chi connectivity index (χ3n) is 4.28. The molecule has 6 heteroatoms. The molecule has 4 rings (SSSR count). The van der Waals surface area contributed by atoms with Gasteiger partial charge in [0.05, 0.1) is 22.7 Å². The molecule has 0 amide bonds. The van der Waals surface area contributed by atoms with Crippen LogP contribution in [0.2, 0.25) is 5.02 Å². The number of hydrogen-bond donors (Lipinski definition) is 0. The summed E-state index contributed by atoms with van der Waals surface area (Å²) in [6, 6.07) is 22.2. The number of hydrogen-bond acceptors (Lipinski definition) is 3. The Morgan fingerprint density at radius 2 is 1.79 bits per heavy atom. The van der Waals surface area contributed by atoms with E-state index in [1.54, 1.807) is 11.8 Å². The standard InChI is InChI=1S/C22H18BrClN2OS/c1-2-27-18-12-10-17(11-13-18)26-21-19(24)4-3-5-20(21)25-22(26)28-14-15-6-8-16(23)9-7-15/h3-13H,2,14H2,1H3. The Hall–Kier alpha value is -1.95. The monoisotopic (exact) mass is 472 g/mol. The van der Waals surface area contributed by atoms with E-state index in [0.29, 0.717) is 11.6 Å². The van der Waals surface area contributed by atoms with Crippen LogP contribution in [0.1, 0.15) is 12.5 Å². The van der Waals surface area contributed by atoms with Crippen LogP contribution in [-0.4, -0.2) is 16.2 Å². The molecule has 142 valence electrons. The molecule has 1 aromatic heterocycles. The van der Waals surface area contributed by atoms with Gasteiger partial charge in [0, 0.05) is 15.9 Å². The number of aromatic nitrogens is 2. The molecule has 0 aliphatic rings. The van der Waals surface area contributed by atoms with E-state index in [0.717, 1.165) is 37.9 Å². The zero-order chi connectivity index (χ0) is 19.5. The Bertz CT molecular complexity index is 1090. The minimum Gasteiger partial charge on any atom is -0.494 e. The fourth-order valence-electron chi connectivity index (χ4n) is 2.99. The minimum atomic E-state index is 0.646. The highest BCUT2D eigenvalue weighted by Crippen LogP contribution is 2.34. The number of benzene rings is 3. The molecule has 3 aromatic carbocycles. The zero-order valence-electron chi connectivity index (χ0n) is 15.2. The molecule has 0 radical (unpaired) electrons. The van der Waals surface area contributed by atoms with Crippen molar-refractivity contribution in [3.63, 3.8) is 0 Å². The second-order valence-corrected chi connectivity index (χ2v) is 8.44. The zero-order valence-corrected chi connectivity index (χ0v) is 18.4. The van der Waals surface area contributed by atoms with Crippen molar-refractivity contribution in [2.45, 2.75) is 17.8 Å². The Morgan fingerprint density at radius 1 is 1.04 bits per heavy atom. The summed E-state index contributed by atoms with van der Waals surface area (Å²) in [4.78, 5) is 4.84.